The van der Waals surface area contributed by atoms with Gasteiger partial charge in [-0.1, -0.05) is 29.8 Å². The van der Waals surface area contributed by atoms with Crippen LogP contribution in [0.2, 0.25) is 0 Å². The van der Waals surface area contributed by atoms with Crippen LogP contribution in [0.3, 0.4) is 0 Å². The second-order valence-electron chi connectivity index (χ2n) is 7.85. The third kappa shape index (κ3) is 2.76. The molecule has 4 heteroatoms. The molecule has 0 bridgehead atoms. The smallest absolute Gasteiger partial charge is 0.233 e. The lowest BCUT2D eigenvalue weighted by molar-refractivity contribution is -0.136. The molecule has 4 rings (SSSR count). The van der Waals surface area contributed by atoms with Crippen molar-refractivity contribution in [3.8, 4) is 0 Å². The highest BCUT2D eigenvalue weighted by atomic mass is 16.3. The van der Waals surface area contributed by atoms with Crippen molar-refractivity contribution in [2.45, 2.75) is 56.6 Å². The van der Waals surface area contributed by atoms with Crippen molar-refractivity contribution < 1.29 is 9.90 Å². The molecule has 1 amide bonds. The number of aliphatic hydroxyl groups is 1. The van der Waals surface area contributed by atoms with Crippen LogP contribution >= 0.6 is 0 Å². The summed E-state index contributed by atoms with van der Waals surface area (Å²) in [6.45, 7) is 5.50. The number of amides is 1. The molecule has 3 fully saturated rings. The Labute approximate surface area is 144 Å². The summed E-state index contributed by atoms with van der Waals surface area (Å²) >= 11 is 0. The Morgan fingerprint density at radius 2 is 1.92 bits per heavy atom. The van der Waals surface area contributed by atoms with Gasteiger partial charge in [0.05, 0.1) is 11.5 Å². The Bertz CT molecular complexity index is 618. The summed E-state index contributed by atoms with van der Waals surface area (Å²) in [5.41, 5.74) is 2.17. The minimum Gasteiger partial charge on any atom is -0.391 e. The van der Waals surface area contributed by atoms with E-state index in [0.717, 1.165) is 58.3 Å². The first-order valence-electron chi connectivity index (χ1n) is 9.39. The number of aryl methyl sites for hydroxylation is 1. The fourth-order valence-electron chi connectivity index (χ4n) is 4.60. The fourth-order valence-corrected chi connectivity index (χ4v) is 4.60. The molecule has 1 saturated heterocycles. The predicted molar refractivity (Wildman–Crippen MR) is 93.9 cm³/mol. The molecule has 1 aromatic carbocycles. The van der Waals surface area contributed by atoms with E-state index in [-0.39, 0.29) is 11.5 Å². The molecule has 2 saturated carbocycles. The molecule has 2 aliphatic carbocycles. The van der Waals surface area contributed by atoms with E-state index in [4.69, 9.17) is 0 Å². The molecule has 0 spiro atoms. The average molecular weight is 328 g/mol. The minimum atomic E-state index is -0.249. The molecular weight excluding hydrogens is 300 g/mol. The largest absolute Gasteiger partial charge is 0.391 e. The number of rotatable bonds is 3. The summed E-state index contributed by atoms with van der Waals surface area (Å²) in [6, 6.07) is 8.76. The van der Waals surface area contributed by atoms with Gasteiger partial charge in [0, 0.05) is 32.2 Å². The van der Waals surface area contributed by atoms with Crippen LogP contribution < -0.4 is 0 Å². The highest BCUT2D eigenvalue weighted by Gasteiger charge is 2.53. The van der Waals surface area contributed by atoms with E-state index in [0.29, 0.717) is 11.9 Å². The lowest BCUT2D eigenvalue weighted by Crippen LogP contribution is -2.55. The van der Waals surface area contributed by atoms with Gasteiger partial charge < -0.3 is 10.0 Å². The summed E-state index contributed by atoms with van der Waals surface area (Å²) < 4.78 is 0. The van der Waals surface area contributed by atoms with E-state index >= 15 is 0 Å². The average Bonchev–Trinajstić information content (AvgIpc) is 3.30. The van der Waals surface area contributed by atoms with Crippen LogP contribution in [0.5, 0.6) is 0 Å². The summed E-state index contributed by atoms with van der Waals surface area (Å²) in [4.78, 5) is 17.6. The van der Waals surface area contributed by atoms with Crippen LogP contribution in [-0.4, -0.2) is 59.1 Å². The first-order valence-corrected chi connectivity index (χ1v) is 9.39. The zero-order valence-corrected chi connectivity index (χ0v) is 14.6. The third-order valence-electron chi connectivity index (χ3n) is 6.24. The maximum Gasteiger partial charge on any atom is 0.233 e. The minimum absolute atomic E-state index is 0.172. The van der Waals surface area contributed by atoms with Crippen LogP contribution in [0, 0.1) is 6.92 Å². The van der Waals surface area contributed by atoms with Gasteiger partial charge in [0.1, 0.15) is 0 Å². The van der Waals surface area contributed by atoms with E-state index in [2.05, 4.69) is 41.0 Å². The highest BCUT2D eigenvalue weighted by molar-refractivity contribution is 5.91. The molecule has 4 nitrogen and oxygen atoms in total. The van der Waals surface area contributed by atoms with Crippen LogP contribution in [-0.2, 0) is 10.2 Å². The quantitative estimate of drug-likeness (QED) is 0.924. The second-order valence-corrected chi connectivity index (χ2v) is 7.85. The molecule has 130 valence electrons. The van der Waals surface area contributed by atoms with E-state index in [1.165, 1.54) is 11.1 Å². The van der Waals surface area contributed by atoms with Crippen molar-refractivity contribution >= 4 is 5.91 Å². The second kappa shape index (κ2) is 6.16. The zero-order valence-electron chi connectivity index (χ0n) is 14.6. The number of hydrogen-bond donors (Lipinski definition) is 1. The molecule has 0 aromatic heterocycles. The Morgan fingerprint density at radius 3 is 2.50 bits per heavy atom. The Balaban J connectivity index is 1.41. The van der Waals surface area contributed by atoms with Gasteiger partial charge in [0.15, 0.2) is 0 Å². The number of hydrogen-bond acceptors (Lipinski definition) is 3. The number of carbonyl (C=O) groups is 1. The molecule has 1 N–H and O–H groups in total. The van der Waals surface area contributed by atoms with Crippen LogP contribution in [0.1, 0.15) is 43.2 Å². The Hall–Kier alpha value is -1.39. The van der Waals surface area contributed by atoms with Crippen molar-refractivity contribution in [1.82, 2.24) is 9.80 Å². The summed E-state index contributed by atoms with van der Waals surface area (Å²) in [6.07, 6.45) is 4.95. The maximum atomic E-state index is 13.1. The standard InChI is InChI=1S/C20H28N2O2/c1-15-4-2-5-16(14-15)20(8-9-20)19(24)22-12-10-21(11-13-22)17-6-3-7-18(17)23/h2,4-5,14,17-18,23H,3,6-13H2,1H3/t17-,18-/m1/s1. The first kappa shape index (κ1) is 16.1. The summed E-state index contributed by atoms with van der Waals surface area (Å²) in [5, 5.41) is 10.1. The third-order valence-corrected chi connectivity index (χ3v) is 6.24. The highest BCUT2D eigenvalue weighted by Crippen LogP contribution is 2.50. The topological polar surface area (TPSA) is 43.8 Å². The van der Waals surface area contributed by atoms with E-state index in [9.17, 15) is 9.90 Å². The first-order chi connectivity index (χ1) is 11.6. The molecular formula is C20H28N2O2. The molecule has 1 heterocycles. The van der Waals surface area contributed by atoms with E-state index in [1.54, 1.807) is 0 Å². The van der Waals surface area contributed by atoms with E-state index < -0.39 is 0 Å². The van der Waals surface area contributed by atoms with Gasteiger partial charge in [0.25, 0.3) is 0 Å². The predicted octanol–water partition coefficient (Wildman–Crippen LogP) is 2.08. The number of carbonyl (C=O) groups excluding carboxylic acids is 1. The lowest BCUT2D eigenvalue weighted by atomic mass is 9.92. The normalized spacial score (nSPS) is 29.7. The van der Waals surface area contributed by atoms with Gasteiger partial charge >= 0.3 is 0 Å². The van der Waals surface area contributed by atoms with E-state index in [1.807, 2.05) is 0 Å². The van der Waals surface area contributed by atoms with Gasteiger partial charge in [0.2, 0.25) is 5.91 Å². The van der Waals surface area contributed by atoms with Gasteiger partial charge in [-0.05, 0) is 44.6 Å². The lowest BCUT2D eigenvalue weighted by Gasteiger charge is -2.40. The zero-order chi connectivity index (χ0) is 16.7. The van der Waals surface area contributed by atoms with Crippen LogP contribution in [0.4, 0.5) is 0 Å². The van der Waals surface area contributed by atoms with Crippen molar-refractivity contribution in [2.24, 2.45) is 0 Å². The van der Waals surface area contributed by atoms with Crippen molar-refractivity contribution in [2.75, 3.05) is 26.2 Å². The van der Waals surface area contributed by atoms with Crippen LogP contribution in [0.15, 0.2) is 24.3 Å². The molecule has 0 unspecified atom stereocenters. The number of nitrogens with zero attached hydrogens (tertiary/aromatic N) is 2. The number of aliphatic hydroxyl groups excluding tert-OH is 1. The van der Waals surface area contributed by atoms with Gasteiger partial charge in [-0.2, -0.15) is 0 Å². The molecule has 2 atom stereocenters. The summed E-state index contributed by atoms with van der Waals surface area (Å²) in [7, 11) is 0. The van der Waals surface area contributed by atoms with Crippen molar-refractivity contribution in [3.05, 3.63) is 35.4 Å². The molecule has 1 aliphatic heterocycles. The van der Waals surface area contributed by atoms with Gasteiger partial charge in [-0.15, -0.1) is 0 Å². The van der Waals surface area contributed by atoms with Crippen LogP contribution in [0.25, 0.3) is 0 Å². The molecule has 0 radical (unpaired) electrons. The fraction of sp³-hybridized carbons (Fsp3) is 0.650. The maximum absolute atomic E-state index is 13.1. The monoisotopic (exact) mass is 328 g/mol. The molecule has 3 aliphatic rings. The van der Waals surface area contributed by atoms with Crippen molar-refractivity contribution in [3.63, 3.8) is 0 Å². The Kier molecular flexibility index (Phi) is 4.13. The molecule has 1 aromatic rings. The molecule has 24 heavy (non-hydrogen) atoms. The van der Waals surface area contributed by atoms with Gasteiger partial charge in [-0.3, -0.25) is 9.69 Å². The van der Waals surface area contributed by atoms with Gasteiger partial charge in [-0.25, -0.2) is 0 Å². The number of benzene rings is 1. The Morgan fingerprint density at radius 1 is 1.17 bits per heavy atom. The van der Waals surface area contributed by atoms with Crippen molar-refractivity contribution in [1.29, 1.82) is 0 Å². The summed E-state index contributed by atoms with van der Waals surface area (Å²) in [5.74, 6) is 0.319. The SMILES string of the molecule is Cc1cccc(C2(C(=O)N3CCN([C@@H]4CCC[C@H]4O)CC3)CC2)c1. The number of piperazine rings is 1.